The summed E-state index contributed by atoms with van der Waals surface area (Å²) in [5.74, 6) is 1.72. The second kappa shape index (κ2) is 6.53. The summed E-state index contributed by atoms with van der Waals surface area (Å²) in [6.45, 7) is 0. The van der Waals surface area contributed by atoms with E-state index in [1.165, 1.54) is 0 Å². The molecule has 2 aliphatic rings. The lowest BCUT2D eigenvalue weighted by molar-refractivity contribution is 0.414. The summed E-state index contributed by atoms with van der Waals surface area (Å²) in [4.78, 5) is 9.70. The molecule has 0 bridgehead atoms. The third-order valence-corrected chi connectivity index (χ3v) is 6.38. The summed E-state index contributed by atoms with van der Waals surface area (Å²) >= 11 is 3.46. The molecule has 0 fully saturated rings. The minimum Gasteiger partial charge on any atom is -0.497 e. The van der Waals surface area contributed by atoms with Gasteiger partial charge in [0.15, 0.2) is 0 Å². The second-order valence-electron chi connectivity index (χ2n) is 5.34. The molecule has 2 heterocycles. The Bertz CT molecular complexity index is 731. The first-order chi connectivity index (χ1) is 11.8. The monoisotopic (exact) mass is 356 g/mol. The van der Waals surface area contributed by atoms with Gasteiger partial charge in [-0.3, -0.25) is 9.98 Å². The van der Waals surface area contributed by atoms with Gasteiger partial charge in [0.25, 0.3) is 0 Å². The number of aliphatic imine (C=N–C) groups is 2. The normalized spacial score (nSPS) is 21.9. The first-order valence-corrected chi connectivity index (χ1v) is 9.30. The highest BCUT2D eigenvalue weighted by molar-refractivity contribution is 8.20. The molecule has 4 nitrogen and oxygen atoms in total. The Morgan fingerprint density at radius 1 is 0.667 bits per heavy atom. The summed E-state index contributed by atoms with van der Waals surface area (Å²) in [5, 5.41) is 2.42. The van der Waals surface area contributed by atoms with Gasteiger partial charge in [-0.2, -0.15) is 0 Å². The van der Waals surface area contributed by atoms with Crippen LogP contribution in [0, 0.1) is 0 Å². The highest BCUT2D eigenvalue weighted by Gasteiger charge is 2.37. The Morgan fingerprint density at radius 3 is 1.38 bits per heavy atom. The van der Waals surface area contributed by atoms with Gasteiger partial charge in [0, 0.05) is 11.1 Å². The number of methoxy groups -OCH3 is 2. The van der Waals surface area contributed by atoms with Crippen molar-refractivity contribution in [1.82, 2.24) is 0 Å². The molecular formula is C18H16N2O2S2. The van der Waals surface area contributed by atoms with Crippen LogP contribution in [0.2, 0.25) is 0 Å². The lowest BCUT2D eigenvalue weighted by atomic mass is 10.2. The SMILES string of the molecule is COc1ccc(C2=NC3SC(c4ccc(OC)cc4)=NC3S2)cc1. The van der Waals surface area contributed by atoms with Crippen LogP contribution in [0.4, 0.5) is 0 Å². The van der Waals surface area contributed by atoms with Crippen molar-refractivity contribution >= 4 is 33.6 Å². The van der Waals surface area contributed by atoms with Crippen LogP contribution in [0.1, 0.15) is 11.1 Å². The van der Waals surface area contributed by atoms with Crippen molar-refractivity contribution in [2.45, 2.75) is 10.7 Å². The lowest BCUT2D eigenvalue weighted by Gasteiger charge is -2.05. The fourth-order valence-electron chi connectivity index (χ4n) is 2.57. The topological polar surface area (TPSA) is 43.2 Å². The Labute approximate surface area is 149 Å². The molecule has 2 aliphatic heterocycles. The fourth-order valence-corrected chi connectivity index (χ4v) is 5.06. The molecule has 2 aromatic rings. The van der Waals surface area contributed by atoms with Gasteiger partial charge in [-0.05, 0) is 48.5 Å². The number of hydrogen-bond donors (Lipinski definition) is 0. The van der Waals surface area contributed by atoms with Crippen LogP contribution in [-0.2, 0) is 0 Å². The highest BCUT2D eigenvalue weighted by atomic mass is 32.2. The van der Waals surface area contributed by atoms with E-state index in [-0.39, 0.29) is 10.7 Å². The van der Waals surface area contributed by atoms with Crippen molar-refractivity contribution in [3.8, 4) is 11.5 Å². The molecule has 0 aliphatic carbocycles. The standard InChI is InChI=1S/C18H16N2O2S2/c1-21-13-7-3-11(4-8-13)15-19-17-18(23-15)20-16(24-17)12-5-9-14(22-2)10-6-12/h3-10,17-18H,1-2H3. The lowest BCUT2D eigenvalue weighted by Crippen LogP contribution is -2.03. The van der Waals surface area contributed by atoms with Gasteiger partial charge >= 0.3 is 0 Å². The van der Waals surface area contributed by atoms with E-state index in [1.807, 2.05) is 48.5 Å². The molecule has 0 aromatic heterocycles. The van der Waals surface area contributed by atoms with Crippen LogP contribution in [0.15, 0.2) is 58.5 Å². The van der Waals surface area contributed by atoms with E-state index in [2.05, 4.69) is 0 Å². The van der Waals surface area contributed by atoms with E-state index in [0.29, 0.717) is 0 Å². The molecule has 0 amide bonds. The van der Waals surface area contributed by atoms with Crippen molar-refractivity contribution in [1.29, 1.82) is 0 Å². The van der Waals surface area contributed by atoms with Crippen LogP contribution < -0.4 is 9.47 Å². The molecule has 2 atom stereocenters. The zero-order valence-corrected chi connectivity index (χ0v) is 14.9. The van der Waals surface area contributed by atoms with Crippen molar-refractivity contribution < 1.29 is 9.47 Å². The van der Waals surface area contributed by atoms with Gasteiger partial charge in [0.1, 0.15) is 32.3 Å². The Morgan fingerprint density at radius 2 is 1.04 bits per heavy atom. The zero-order chi connectivity index (χ0) is 16.5. The predicted octanol–water partition coefficient (Wildman–Crippen LogP) is 4.04. The molecule has 4 rings (SSSR count). The van der Waals surface area contributed by atoms with E-state index in [1.54, 1.807) is 37.7 Å². The van der Waals surface area contributed by atoms with Crippen LogP contribution >= 0.6 is 23.5 Å². The minimum atomic E-state index is 0.157. The molecular weight excluding hydrogens is 340 g/mol. The largest absolute Gasteiger partial charge is 0.497 e. The molecule has 0 radical (unpaired) electrons. The van der Waals surface area contributed by atoms with Gasteiger partial charge in [-0.15, -0.1) is 0 Å². The summed E-state index contributed by atoms with van der Waals surface area (Å²) in [5.41, 5.74) is 2.24. The Balaban J connectivity index is 1.48. The van der Waals surface area contributed by atoms with Gasteiger partial charge < -0.3 is 9.47 Å². The highest BCUT2D eigenvalue weighted by Crippen LogP contribution is 2.43. The summed E-state index contributed by atoms with van der Waals surface area (Å²) in [6.07, 6.45) is 0. The molecule has 0 spiro atoms. The van der Waals surface area contributed by atoms with Gasteiger partial charge in [0.2, 0.25) is 0 Å². The number of rotatable bonds is 4. The maximum absolute atomic E-state index is 5.20. The summed E-state index contributed by atoms with van der Waals surface area (Å²) in [6, 6.07) is 16.0. The number of nitrogens with zero attached hydrogens (tertiary/aromatic N) is 2. The molecule has 0 saturated heterocycles. The Kier molecular flexibility index (Phi) is 4.24. The Hall–Kier alpha value is -1.92. The van der Waals surface area contributed by atoms with Crippen molar-refractivity contribution in [3.63, 3.8) is 0 Å². The zero-order valence-electron chi connectivity index (χ0n) is 13.3. The molecule has 6 heteroatoms. The number of benzene rings is 2. The van der Waals surface area contributed by atoms with E-state index in [9.17, 15) is 0 Å². The maximum atomic E-state index is 5.20. The average Bonchev–Trinajstić information content (AvgIpc) is 3.21. The first-order valence-electron chi connectivity index (χ1n) is 7.54. The van der Waals surface area contributed by atoms with Gasteiger partial charge in [-0.1, -0.05) is 23.5 Å². The summed E-state index contributed by atoms with van der Waals surface area (Å²) in [7, 11) is 3.35. The third-order valence-electron chi connectivity index (χ3n) is 3.87. The number of ether oxygens (including phenoxy) is 2. The minimum absolute atomic E-state index is 0.157. The van der Waals surface area contributed by atoms with Gasteiger partial charge in [-0.25, -0.2) is 0 Å². The molecule has 122 valence electrons. The van der Waals surface area contributed by atoms with Crippen molar-refractivity contribution in [2.24, 2.45) is 9.98 Å². The van der Waals surface area contributed by atoms with Crippen LogP contribution in [0.3, 0.4) is 0 Å². The van der Waals surface area contributed by atoms with Crippen LogP contribution in [0.25, 0.3) is 0 Å². The third kappa shape index (κ3) is 2.91. The molecule has 2 aromatic carbocycles. The number of hydrogen-bond acceptors (Lipinski definition) is 6. The average molecular weight is 356 g/mol. The second-order valence-corrected chi connectivity index (χ2v) is 7.55. The molecule has 0 N–H and O–H groups in total. The fraction of sp³-hybridized carbons (Fsp3) is 0.222. The van der Waals surface area contributed by atoms with E-state index < -0.39 is 0 Å². The summed E-state index contributed by atoms with van der Waals surface area (Å²) < 4.78 is 10.4. The number of fused-ring (bicyclic) bond motifs is 1. The van der Waals surface area contributed by atoms with Crippen molar-refractivity contribution in [2.75, 3.05) is 14.2 Å². The van der Waals surface area contributed by atoms with E-state index in [4.69, 9.17) is 19.5 Å². The smallest absolute Gasteiger partial charge is 0.134 e. The maximum Gasteiger partial charge on any atom is 0.134 e. The molecule has 2 unspecified atom stereocenters. The first kappa shape index (κ1) is 15.6. The quantitative estimate of drug-likeness (QED) is 0.829. The van der Waals surface area contributed by atoms with Gasteiger partial charge in [0.05, 0.1) is 14.2 Å². The predicted molar refractivity (Wildman–Crippen MR) is 102 cm³/mol. The van der Waals surface area contributed by atoms with E-state index >= 15 is 0 Å². The van der Waals surface area contributed by atoms with Crippen molar-refractivity contribution in [3.05, 3.63) is 59.7 Å². The van der Waals surface area contributed by atoms with E-state index in [0.717, 1.165) is 32.7 Å². The molecule has 24 heavy (non-hydrogen) atoms. The number of thioether (sulfide) groups is 2. The van der Waals surface area contributed by atoms with Crippen LogP contribution in [0.5, 0.6) is 11.5 Å². The molecule has 0 saturated carbocycles. The van der Waals surface area contributed by atoms with Crippen LogP contribution in [-0.4, -0.2) is 35.1 Å².